The van der Waals surface area contributed by atoms with Crippen LogP contribution in [0.15, 0.2) is 78.9 Å². The lowest BCUT2D eigenvalue weighted by Crippen LogP contribution is -2.35. The summed E-state index contributed by atoms with van der Waals surface area (Å²) in [6.45, 7) is 2.73. The van der Waals surface area contributed by atoms with Gasteiger partial charge < -0.3 is 10.1 Å². The topological polar surface area (TPSA) is 50.4 Å². The van der Waals surface area contributed by atoms with Crippen molar-refractivity contribution in [1.29, 1.82) is 0 Å². The minimum absolute atomic E-state index is 0.0428. The summed E-state index contributed by atoms with van der Waals surface area (Å²) in [5, 5.41) is 6.35. The Labute approximate surface area is 166 Å². The maximum absolute atomic E-state index is 12.4. The van der Waals surface area contributed by atoms with Crippen molar-refractivity contribution in [3.63, 3.8) is 0 Å². The number of carbonyl (C=O) groups is 1. The summed E-state index contributed by atoms with van der Waals surface area (Å²) in [4.78, 5) is 12.4. The minimum Gasteiger partial charge on any atom is -0.496 e. The molecule has 0 aliphatic carbocycles. The summed E-state index contributed by atoms with van der Waals surface area (Å²) < 4.78 is 5.33. The Morgan fingerprint density at radius 2 is 1.54 bits per heavy atom. The fourth-order valence-electron chi connectivity index (χ4n) is 3.13. The van der Waals surface area contributed by atoms with Gasteiger partial charge in [0.15, 0.2) is 0 Å². The van der Waals surface area contributed by atoms with Crippen molar-refractivity contribution in [3.8, 4) is 5.75 Å². The minimum atomic E-state index is -0.0565. The summed E-state index contributed by atoms with van der Waals surface area (Å²) >= 11 is 0. The third kappa shape index (κ3) is 5.21. The van der Waals surface area contributed by atoms with E-state index in [9.17, 15) is 4.79 Å². The first kappa shape index (κ1) is 19.6. The zero-order chi connectivity index (χ0) is 19.8. The fraction of sp³-hybridized carbons (Fsp3) is 0.208. The van der Waals surface area contributed by atoms with Gasteiger partial charge in [-0.1, -0.05) is 78.4 Å². The quantitative estimate of drug-likeness (QED) is 0.627. The van der Waals surface area contributed by atoms with E-state index < -0.39 is 0 Å². The van der Waals surface area contributed by atoms with Crippen LogP contribution in [0.2, 0.25) is 0 Å². The largest absolute Gasteiger partial charge is 0.496 e. The van der Waals surface area contributed by atoms with Gasteiger partial charge in [-0.3, -0.25) is 10.1 Å². The van der Waals surface area contributed by atoms with Gasteiger partial charge in [0.2, 0.25) is 5.91 Å². The Kier molecular flexibility index (Phi) is 6.82. The molecule has 0 heterocycles. The molecule has 0 aromatic heterocycles. The lowest BCUT2D eigenvalue weighted by atomic mass is 9.98. The highest BCUT2D eigenvalue weighted by atomic mass is 16.5. The van der Waals surface area contributed by atoms with Crippen LogP contribution in [0, 0.1) is 6.92 Å². The first-order valence-electron chi connectivity index (χ1n) is 9.41. The number of nitrogens with one attached hydrogen (secondary N) is 2. The first-order valence-corrected chi connectivity index (χ1v) is 9.41. The second kappa shape index (κ2) is 9.72. The van der Waals surface area contributed by atoms with E-state index in [1.807, 2.05) is 42.5 Å². The molecule has 28 heavy (non-hydrogen) atoms. The molecule has 4 nitrogen and oxygen atoms in total. The molecule has 0 unspecified atom stereocenters. The predicted molar refractivity (Wildman–Crippen MR) is 112 cm³/mol. The van der Waals surface area contributed by atoms with Gasteiger partial charge >= 0.3 is 0 Å². The summed E-state index contributed by atoms with van der Waals surface area (Å²) in [5.74, 6) is 0.719. The van der Waals surface area contributed by atoms with Crippen LogP contribution in [0.4, 0.5) is 0 Å². The third-order valence-electron chi connectivity index (χ3n) is 4.68. The van der Waals surface area contributed by atoms with Gasteiger partial charge in [-0.05, 0) is 24.1 Å². The molecular weight excluding hydrogens is 348 g/mol. The van der Waals surface area contributed by atoms with E-state index in [1.165, 1.54) is 5.56 Å². The van der Waals surface area contributed by atoms with Crippen LogP contribution in [-0.4, -0.2) is 19.6 Å². The fourth-order valence-corrected chi connectivity index (χ4v) is 3.13. The highest BCUT2D eigenvalue weighted by molar-refractivity contribution is 5.78. The maximum atomic E-state index is 12.4. The molecule has 4 heteroatoms. The van der Waals surface area contributed by atoms with E-state index in [1.54, 1.807) is 7.11 Å². The molecule has 1 atom stereocenters. The molecule has 0 aliphatic rings. The van der Waals surface area contributed by atoms with Crippen molar-refractivity contribution in [1.82, 2.24) is 10.6 Å². The van der Waals surface area contributed by atoms with E-state index in [0.717, 1.165) is 22.4 Å². The highest BCUT2D eigenvalue weighted by Crippen LogP contribution is 2.22. The molecule has 0 spiro atoms. The lowest BCUT2D eigenvalue weighted by molar-refractivity contribution is -0.120. The number of rotatable bonds is 8. The first-order chi connectivity index (χ1) is 13.7. The van der Waals surface area contributed by atoms with Gasteiger partial charge in [-0.15, -0.1) is 0 Å². The van der Waals surface area contributed by atoms with E-state index in [0.29, 0.717) is 6.54 Å². The zero-order valence-corrected chi connectivity index (χ0v) is 16.3. The van der Waals surface area contributed by atoms with Crippen molar-refractivity contribution in [3.05, 3.63) is 101 Å². The molecule has 0 fully saturated rings. The number of ether oxygens (including phenoxy) is 1. The monoisotopic (exact) mass is 374 g/mol. The Balaban J connectivity index is 1.64. The third-order valence-corrected chi connectivity index (χ3v) is 4.68. The molecule has 3 aromatic rings. The molecule has 0 bridgehead atoms. The standard InChI is InChI=1S/C24H26N2O2/c1-18-12-14-20(15-13-18)24(19-8-4-3-5-9-19)26-17-23(27)25-16-21-10-6-7-11-22(21)28-2/h3-15,24,26H,16-17H2,1-2H3,(H,25,27)/t24-/m1/s1. The molecule has 3 rings (SSSR count). The predicted octanol–water partition coefficient (Wildman–Crippen LogP) is 4.00. The summed E-state index contributed by atoms with van der Waals surface area (Å²) in [5.41, 5.74) is 4.43. The van der Waals surface area contributed by atoms with Crippen LogP contribution in [0.1, 0.15) is 28.3 Å². The molecule has 3 aromatic carbocycles. The number of amides is 1. The number of methoxy groups -OCH3 is 1. The number of hydrogen-bond donors (Lipinski definition) is 2. The SMILES string of the molecule is COc1ccccc1CNC(=O)CN[C@H](c1ccccc1)c1ccc(C)cc1. The van der Waals surface area contributed by atoms with Crippen LogP contribution in [-0.2, 0) is 11.3 Å². The second-order valence-corrected chi connectivity index (χ2v) is 6.72. The van der Waals surface area contributed by atoms with Crippen molar-refractivity contribution >= 4 is 5.91 Å². The number of carbonyl (C=O) groups excluding carboxylic acids is 1. The van der Waals surface area contributed by atoms with Gasteiger partial charge in [-0.2, -0.15) is 0 Å². The van der Waals surface area contributed by atoms with Crippen molar-refractivity contribution < 1.29 is 9.53 Å². The number of hydrogen-bond acceptors (Lipinski definition) is 3. The summed E-state index contributed by atoms with van der Waals surface area (Å²) in [7, 11) is 1.63. The van der Waals surface area contributed by atoms with Crippen molar-refractivity contribution in [2.45, 2.75) is 19.5 Å². The van der Waals surface area contributed by atoms with E-state index in [4.69, 9.17) is 4.74 Å². The van der Waals surface area contributed by atoms with Crippen molar-refractivity contribution in [2.24, 2.45) is 0 Å². The molecule has 1 amide bonds. The highest BCUT2D eigenvalue weighted by Gasteiger charge is 2.15. The number of para-hydroxylation sites is 1. The summed E-state index contributed by atoms with van der Waals surface area (Å²) in [6, 6.07) is 26.2. The molecule has 2 N–H and O–H groups in total. The molecular formula is C24H26N2O2. The Bertz CT molecular complexity index is 892. The zero-order valence-electron chi connectivity index (χ0n) is 16.3. The maximum Gasteiger partial charge on any atom is 0.234 e. The van der Waals surface area contributed by atoms with Crippen LogP contribution in [0.5, 0.6) is 5.75 Å². The average molecular weight is 374 g/mol. The van der Waals surface area contributed by atoms with Crippen LogP contribution < -0.4 is 15.4 Å². The Morgan fingerprint density at radius 1 is 0.893 bits per heavy atom. The smallest absolute Gasteiger partial charge is 0.234 e. The molecule has 0 saturated carbocycles. The molecule has 0 radical (unpaired) electrons. The Hall–Kier alpha value is -3.11. The van der Waals surface area contributed by atoms with Gasteiger partial charge in [0, 0.05) is 12.1 Å². The Morgan fingerprint density at radius 3 is 2.25 bits per heavy atom. The van der Waals surface area contributed by atoms with Crippen LogP contribution in [0.25, 0.3) is 0 Å². The molecule has 0 aliphatic heterocycles. The number of aryl methyl sites for hydroxylation is 1. The van der Waals surface area contributed by atoms with Gasteiger partial charge in [0.1, 0.15) is 5.75 Å². The van der Waals surface area contributed by atoms with Gasteiger partial charge in [0.05, 0.1) is 19.7 Å². The second-order valence-electron chi connectivity index (χ2n) is 6.72. The normalized spacial score (nSPS) is 11.6. The van der Waals surface area contributed by atoms with Crippen LogP contribution >= 0.6 is 0 Å². The van der Waals surface area contributed by atoms with E-state index >= 15 is 0 Å². The average Bonchev–Trinajstić information content (AvgIpc) is 2.74. The number of benzene rings is 3. The van der Waals surface area contributed by atoms with Gasteiger partial charge in [0.25, 0.3) is 0 Å². The molecule has 144 valence electrons. The summed E-state index contributed by atoms with van der Waals surface area (Å²) in [6.07, 6.45) is 0. The van der Waals surface area contributed by atoms with E-state index in [-0.39, 0.29) is 18.5 Å². The lowest BCUT2D eigenvalue weighted by Gasteiger charge is -2.20. The van der Waals surface area contributed by atoms with E-state index in [2.05, 4.69) is 54.0 Å². The molecule has 0 saturated heterocycles. The van der Waals surface area contributed by atoms with Crippen LogP contribution in [0.3, 0.4) is 0 Å². The van der Waals surface area contributed by atoms with Gasteiger partial charge in [-0.25, -0.2) is 0 Å². The van der Waals surface area contributed by atoms with Crippen molar-refractivity contribution in [2.75, 3.05) is 13.7 Å².